The Hall–Kier alpha value is -2.82. The Labute approximate surface area is 128 Å². The predicted molar refractivity (Wildman–Crippen MR) is 82.0 cm³/mol. The third-order valence-electron chi connectivity index (χ3n) is 3.24. The molecule has 0 aliphatic carbocycles. The van der Waals surface area contributed by atoms with Gasteiger partial charge in [-0.2, -0.15) is 0 Å². The van der Waals surface area contributed by atoms with Crippen LogP contribution < -0.4 is 10.1 Å². The van der Waals surface area contributed by atoms with E-state index in [4.69, 9.17) is 4.74 Å². The molecule has 2 rings (SSSR count). The lowest BCUT2D eigenvalue weighted by Gasteiger charge is -2.15. The highest BCUT2D eigenvalue weighted by Crippen LogP contribution is 2.12. The molecular formula is C17H17NO4. The van der Waals surface area contributed by atoms with Gasteiger partial charge in [0.2, 0.25) is 0 Å². The van der Waals surface area contributed by atoms with Gasteiger partial charge in [-0.15, -0.1) is 0 Å². The second-order valence-corrected chi connectivity index (χ2v) is 4.78. The monoisotopic (exact) mass is 299 g/mol. The standard InChI is InChI=1S/C17H17NO4/c1-22-14-9-7-13(8-10-14)16(19)18-15(17(20)21)11-12-5-3-2-4-6-12/h2-10,15H,11H2,1H3,(H,18,19)(H,20,21). The first-order valence-corrected chi connectivity index (χ1v) is 6.82. The van der Waals surface area contributed by atoms with Crippen LogP contribution in [0.2, 0.25) is 0 Å². The first kappa shape index (κ1) is 15.6. The largest absolute Gasteiger partial charge is 0.497 e. The Morgan fingerprint density at radius 1 is 1.09 bits per heavy atom. The molecule has 0 saturated heterocycles. The van der Waals surface area contributed by atoms with Crippen molar-refractivity contribution in [3.63, 3.8) is 0 Å². The molecule has 5 nitrogen and oxygen atoms in total. The minimum atomic E-state index is -1.06. The van der Waals surface area contributed by atoms with Crippen LogP contribution in [0.4, 0.5) is 0 Å². The van der Waals surface area contributed by atoms with Gasteiger partial charge in [-0.1, -0.05) is 30.3 Å². The number of hydrogen-bond donors (Lipinski definition) is 2. The number of rotatable bonds is 6. The molecule has 0 heterocycles. The molecule has 0 fully saturated rings. The van der Waals surface area contributed by atoms with E-state index in [1.165, 1.54) is 7.11 Å². The Kier molecular flexibility index (Phi) is 5.14. The average molecular weight is 299 g/mol. The summed E-state index contributed by atoms with van der Waals surface area (Å²) >= 11 is 0. The normalized spacial score (nSPS) is 11.5. The zero-order chi connectivity index (χ0) is 15.9. The Morgan fingerprint density at radius 2 is 1.73 bits per heavy atom. The fourth-order valence-electron chi connectivity index (χ4n) is 2.03. The van der Waals surface area contributed by atoms with Crippen molar-refractivity contribution in [1.29, 1.82) is 0 Å². The molecule has 0 aliphatic heterocycles. The smallest absolute Gasteiger partial charge is 0.326 e. The quantitative estimate of drug-likeness (QED) is 0.856. The van der Waals surface area contributed by atoms with Crippen molar-refractivity contribution in [1.82, 2.24) is 5.32 Å². The number of carboxylic acid groups (broad SMARTS) is 1. The van der Waals surface area contributed by atoms with E-state index in [1.54, 1.807) is 24.3 Å². The van der Waals surface area contributed by atoms with Crippen LogP contribution in [0, 0.1) is 0 Å². The fourth-order valence-corrected chi connectivity index (χ4v) is 2.03. The van der Waals surface area contributed by atoms with E-state index >= 15 is 0 Å². The molecule has 0 bridgehead atoms. The van der Waals surface area contributed by atoms with Crippen molar-refractivity contribution in [2.75, 3.05) is 7.11 Å². The number of carbonyl (C=O) groups is 2. The van der Waals surface area contributed by atoms with E-state index in [1.807, 2.05) is 30.3 Å². The van der Waals surface area contributed by atoms with Gasteiger partial charge < -0.3 is 15.2 Å². The molecule has 0 aliphatic rings. The lowest BCUT2D eigenvalue weighted by molar-refractivity contribution is -0.139. The molecule has 2 N–H and O–H groups in total. The van der Waals surface area contributed by atoms with Crippen LogP contribution in [0.1, 0.15) is 15.9 Å². The Bertz CT molecular complexity index is 637. The van der Waals surface area contributed by atoms with Gasteiger partial charge in [-0.05, 0) is 29.8 Å². The van der Waals surface area contributed by atoms with Crippen molar-refractivity contribution >= 4 is 11.9 Å². The van der Waals surface area contributed by atoms with Crippen LogP contribution in [0.3, 0.4) is 0 Å². The van der Waals surface area contributed by atoms with Gasteiger partial charge in [0, 0.05) is 12.0 Å². The van der Waals surface area contributed by atoms with Gasteiger partial charge in [0.05, 0.1) is 7.11 Å². The summed E-state index contributed by atoms with van der Waals surface area (Å²) in [5, 5.41) is 11.8. The van der Waals surface area contributed by atoms with E-state index < -0.39 is 17.9 Å². The number of ether oxygens (including phenoxy) is 1. The maximum Gasteiger partial charge on any atom is 0.326 e. The highest BCUT2D eigenvalue weighted by atomic mass is 16.5. The molecule has 22 heavy (non-hydrogen) atoms. The SMILES string of the molecule is COc1ccc(C(=O)NC(Cc2ccccc2)C(=O)O)cc1. The molecule has 114 valence electrons. The maximum atomic E-state index is 12.1. The van der Waals surface area contributed by atoms with Crippen LogP contribution in [0.25, 0.3) is 0 Å². The van der Waals surface area contributed by atoms with Crippen molar-refractivity contribution < 1.29 is 19.4 Å². The molecular weight excluding hydrogens is 282 g/mol. The summed E-state index contributed by atoms with van der Waals surface area (Å²) in [4.78, 5) is 23.5. The van der Waals surface area contributed by atoms with Crippen LogP contribution in [-0.2, 0) is 11.2 Å². The molecule has 0 saturated carbocycles. The molecule has 2 aromatic rings. The number of methoxy groups -OCH3 is 1. The number of nitrogens with one attached hydrogen (secondary N) is 1. The summed E-state index contributed by atoms with van der Waals surface area (Å²) in [7, 11) is 1.54. The topological polar surface area (TPSA) is 75.6 Å². The molecule has 5 heteroatoms. The molecule has 2 aromatic carbocycles. The lowest BCUT2D eigenvalue weighted by atomic mass is 10.1. The number of carbonyl (C=O) groups excluding carboxylic acids is 1. The van der Waals surface area contributed by atoms with Gasteiger partial charge in [0.25, 0.3) is 5.91 Å². The van der Waals surface area contributed by atoms with Crippen LogP contribution in [0.5, 0.6) is 5.75 Å². The van der Waals surface area contributed by atoms with E-state index in [0.717, 1.165) is 5.56 Å². The number of benzene rings is 2. The number of amides is 1. The summed E-state index contributed by atoms with van der Waals surface area (Å²) < 4.78 is 5.02. The van der Waals surface area contributed by atoms with Gasteiger partial charge >= 0.3 is 5.97 Å². The van der Waals surface area contributed by atoms with Crippen LogP contribution >= 0.6 is 0 Å². The molecule has 0 aromatic heterocycles. The predicted octanol–water partition coefficient (Wildman–Crippen LogP) is 2.12. The van der Waals surface area contributed by atoms with Crippen molar-refractivity contribution in [3.8, 4) is 5.75 Å². The van der Waals surface area contributed by atoms with Gasteiger partial charge in [0.1, 0.15) is 11.8 Å². The molecule has 1 amide bonds. The van der Waals surface area contributed by atoms with Gasteiger partial charge in [-0.3, -0.25) is 4.79 Å². The third kappa shape index (κ3) is 4.09. The highest BCUT2D eigenvalue weighted by molar-refractivity contribution is 5.96. The minimum Gasteiger partial charge on any atom is -0.497 e. The first-order chi connectivity index (χ1) is 10.6. The summed E-state index contributed by atoms with van der Waals surface area (Å²) in [6.45, 7) is 0. The molecule has 1 unspecified atom stereocenters. The number of aliphatic carboxylic acids is 1. The molecule has 0 radical (unpaired) electrons. The van der Waals surface area contributed by atoms with E-state index in [-0.39, 0.29) is 6.42 Å². The van der Waals surface area contributed by atoms with Gasteiger partial charge in [0.15, 0.2) is 0 Å². The lowest BCUT2D eigenvalue weighted by Crippen LogP contribution is -2.42. The zero-order valence-electron chi connectivity index (χ0n) is 12.2. The maximum absolute atomic E-state index is 12.1. The number of hydrogen-bond acceptors (Lipinski definition) is 3. The van der Waals surface area contributed by atoms with E-state index in [2.05, 4.69) is 5.32 Å². The van der Waals surface area contributed by atoms with Crippen molar-refractivity contribution in [2.45, 2.75) is 12.5 Å². The van der Waals surface area contributed by atoms with Crippen molar-refractivity contribution in [3.05, 3.63) is 65.7 Å². The summed E-state index contributed by atoms with van der Waals surface area (Å²) in [5.74, 6) is -0.854. The van der Waals surface area contributed by atoms with E-state index in [9.17, 15) is 14.7 Å². The van der Waals surface area contributed by atoms with Crippen LogP contribution in [0.15, 0.2) is 54.6 Å². The second kappa shape index (κ2) is 7.26. The fraction of sp³-hybridized carbons (Fsp3) is 0.176. The third-order valence-corrected chi connectivity index (χ3v) is 3.24. The Morgan fingerprint density at radius 3 is 2.27 bits per heavy atom. The minimum absolute atomic E-state index is 0.234. The second-order valence-electron chi connectivity index (χ2n) is 4.78. The first-order valence-electron chi connectivity index (χ1n) is 6.82. The summed E-state index contributed by atoms with van der Waals surface area (Å²) in [5.41, 5.74) is 1.24. The zero-order valence-corrected chi connectivity index (χ0v) is 12.2. The summed E-state index contributed by atoms with van der Waals surface area (Å²) in [6.07, 6.45) is 0.234. The van der Waals surface area contributed by atoms with Crippen molar-refractivity contribution in [2.24, 2.45) is 0 Å². The highest BCUT2D eigenvalue weighted by Gasteiger charge is 2.21. The van der Waals surface area contributed by atoms with Crippen LogP contribution in [-0.4, -0.2) is 30.1 Å². The average Bonchev–Trinajstić information content (AvgIpc) is 2.55. The van der Waals surface area contributed by atoms with E-state index in [0.29, 0.717) is 11.3 Å². The summed E-state index contributed by atoms with van der Waals surface area (Å²) in [6, 6.07) is 14.7. The van der Waals surface area contributed by atoms with Gasteiger partial charge in [-0.25, -0.2) is 4.79 Å². The molecule has 0 spiro atoms. The number of carboxylic acids is 1. The molecule has 1 atom stereocenters. The Balaban J connectivity index is 2.06.